The van der Waals surface area contributed by atoms with Gasteiger partial charge in [0.2, 0.25) is 15.7 Å². The second kappa shape index (κ2) is 5.82. The summed E-state index contributed by atoms with van der Waals surface area (Å²) in [6.07, 6.45) is 2.51. The van der Waals surface area contributed by atoms with Gasteiger partial charge in [-0.05, 0) is 6.07 Å². The summed E-state index contributed by atoms with van der Waals surface area (Å²) in [5.74, 6) is 0.926. The summed E-state index contributed by atoms with van der Waals surface area (Å²) in [6, 6.07) is 4.62. The summed E-state index contributed by atoms with van der Waals surface area (Å²) < 4.78 is 28.8. The third-order valence-corrected chi connectivity index (χ3v) is 3.43. The summed E-state index contributed by atoms with van der Waals surface area (Å²) in [7, 11) is -0.0739. The zero-order chi connectivity index (χ0) is 15.6. The molecule has 112 valence electrons. The van der Waals surface area contributed by atoms with E-state index in [-0.39, 0.29) is 16.2 Å². The van der Waals surface area contributed by atoms with Crippen LogP contribution in [0.5, 0.6) is 11.6 Å². The molecule has 0 aromatic carbocycles. The van der Waals surface area contributed by atoms with Crippen LogP contribution in [0.3, 0.4) is 0 Å². The van der Waals surface area contributed by atoms with E-state index in [2.05, 4.69) is 15.0 Å². The van der Waals surface area contributed by atoms with E-state index < -0.39 is 9.84 Å². The van der Waals surface area contributed by atoms with E-state index in [0.29, 0.717) is 11.6 Å². The van der Waals surface area contributed by atoms with E-state index in [1.807, 2.05) is 0 Å². The Morgan fingerprint density at radius 2 is 1.95 bits per heavy atom. The summed E-state index contributed by atoms with van der Waals surface area (Å²) in [5.41, 5.74) is 0. The van der Waals surface area contributed by atoms with Crippen LogP contribution in [0.4, 0.5) is 5.82 Å². The van der Waals surface area contributed by atoms with Gasteiger partial charge in [0.05, 0.1) is 0 Å². The normalized spacial score (nSPS) is 11.2. The molecule has 9 heteroatoms. The molecule has 0 radical (unpaired) electrons. The third-order valence-electron chi connectivity index (χ3n) is 2.38. The predicted octanol–water partition coefficient (Wildman–Crippen LogP) is 1.79. The fourth-order valence-corrected chi connectivity index (χ4v) is 2.09. The van der Waals surface area contributed by atoms with Crippen molar-refractivity contribution < 1.29 is 13.2 Å². The molecule has 7 nitrogen and oxygen atoms in total. The Kier molecular flexibility index (Phi) is 4.29. The summed E-state index contributed by atoms with van der Waals surface area (Å²) in [4.78, 5) is 13.4. The van der Waals surface area contributed by atoms with E-state index in [1.165, 1.54) is 18.3 Å². The molecule has 0 fully saturated rings. The Balaban J connectivity index is 2.45. The Morgan fingerprint density at radius 1 is 1.24 bits per heavy atom. The molecule has 0 amide bonds. The van der Waals surface area contributed by atoms with Crippen LogP contribution in [-0.2, 0) is 9.84 Å². The van der Waals surface area contributed by atoms with Crippen LogP contribution < -0.4 is 9.64 Å². The molecule has 21 heavy (non-hydrogen) atoms. The van der Waals surface area contributed by atoms with Crippen molar-refractivity contribution in [2.75, 3.05) is 25.3 Å². The van der Waals surface area contributed by atoms with Crippen molar-refractivity contribution in [1.82, 2.24) is 15.0 Å². The number of anilines is 1. The smallest absolute Gasteiger partial charge is 0.252 e. The average Bonchev–Trinajstić information content (AvgIpc) is 2.37. The molecule has 0 atom stereocenters. The van der Waals surface area contributed by atoms with Crippen molar-refractivity contribution in [3.05, 3.63) is 29.5 Å². The minimum Gasteiger partial charge on any atom is -0.439 e. The lowest BCUT2D eigenvalue weighted by atomic mass is 10.4. The van der Waals surface area contributed by atoms with Gasteiger partial charge in [-0.1, -0.05) is 11.6 Å². The number of ether oxygens (including phenoxy) is 1. The first-order valence-corrected chi connectivity index (χ1v) is 8.08. The van der Waals surface area contributed by atoms with Gasteiger partial charge in [-0.15, -0.1) is 0 Å². The maximum absolute atomic E-state index is 11.6. The van der Waals surface area contributed by atoms with Crippen molar-refractivity contribution in [2.45, 2.75) is 5.16 Å². The number of rotatable bonds is 4. The first kappa shape index (κ1) is 15.5. The van der Waals surface area contributed by atoms with E-state index in [1.54, 1.807) is 25.1 Å². The highest BCUT2D eigenvalue weighted by Crippen LogP contribution is 2.24. The predicted molar refractivity (Wildman–Crippen MR) is 78.8 cm³/mol. The summed E-state index contributed by atoms with van der Waals surface area (Å²) in [6.45, 7) is 0. The number of pyridine rings is 1. The van der Waals surface area contributed by atoms with Gasteiger partial charge in [0.15, 0.2) is 0 Å². The molecule has 0 aliphatic rings. The highest BCUT2D eigenvalue weighted by Gasteiger charge is 2.16. The van der Waals surface area contributed by atoms with E-state index in [4.69, 9.17) is 16.3 Å². The Bertz CT molecular complexity index is 765. The van der Waals surface area contributed by atoms with Crippen molar-refractivity contribution >= 4 is 27.3 Å². The zero-order valence-corrected chi connectivity index (χ0v) is 13.2. The lowest BCUT2D eigenvalue weighted by Gasteiger charge is -2.13. The highest BCUT2D eigenvalue weighted by atomic mass is 35.5. The molecule has 2 aromatic heterocycles. The molecule has 0 N–H and O–H groups in total. The topological polar surface area (TPSA) is 85.3 Å². The lowest BCUT2D eigenvalue weighted by Crippen LogP contribution is -2.14. The standard InChI is InChI=1S/C12H13ClN4O3S/c1-17(2)10-7-11(16-12(15-10)21(3,18)19)20-8-4-5-14-9(13)6-8/h4-7H,1-3H3. The number of hydrogen-bond donors (Lipinski definition) is 0. The van der Waals surface area contributed by atoms with Crippen LogP contribution >= 0.6 is 11.6 Å². The molecule has 0 saturated carbocycles. The quantitative estimate of drug-likeness (QED) is 0.624. The van der Waals surface area contributed by atoms with Crippen LogP contribution in [-0.4, -0.2) is 43.7 Å². The van der Waals surface area contributed by atoms with Gasteiger partial charge in [-0.2, -0.15) is 4.98 Å². The summed E-state index contributed by atoms with van der Waals surface area (Å²) in [5, 5.41) is -0.0402. The molecule has 0 unspecified atom stereocenters. The molecule has 0 aliphatic heterocycles. The minimum atomic E-state index is -3.55. The molecule has 2 heterocycles. The molecule has 0 saturated heterocycles. The van der Waals surface area contributed by atoms with Crippen molar-refractivity contribution in [3.8, 4) is 11.6 Å². The van der Waals surface area contributed by atoms with Crippen molar-refractivity contribution in [2.24, 2.45) is 0 Å². The fraction of sp³-hybridized carbons (Fsp3) is 0.250. The highest BCUT2D eigenvalue weighted by molar-refractivity contribution is 7.90. The first-order valence-electron chi connectivity index (χ1n) is 5.81. The Morgan fingerprint density at radius 3 is 2.52 bits per heavy atom. The fourth-order valence-electron chi connectivity index (χ4n) is 1.41. The molecule has 2 aromatic rings. The maximum Gasteiger partial charge on any atom is 0.252 e. The largest absolute Gasteiger partial charge is 0.439 e. The van der Waals surface area contributed by atoms with Gasteiger partial charge in [0.1, 0.15) is 16.7 Å². The third kappa shape index (κ3) is 4.02. The average molecular weight is 329 g/mol. The van der Waals surface area contributed by atoms with Crippen LogP contribution in [0, 0.1) is 0 Å². The van der Waals surface area contributed by atoms with E-state index >= 15 is 0 Å². The Hall–Kier alpha value is -1.93. The van der Waals surface area contributed by atoms with Gasteiger partial charge < -0.3 is 9.64 Å². The van der Waals surface area contributed by atoms with Gasteiger partial charge >= 0.3 is 0 Å². The van der Waals surface area contributed by atoms with Crippen molar-refractivity contribution in [1.29, 1.82) is 0 Å². The lowest BCUT2D eigenvalue weighted by molar-refractivity contribution is 0.453. The molecular weight excluding hydrogens is 316 g/mol. The number of nitrogens with zero attached hydrogens (tertiary/aromatic N) is 4. The molecular formula is C12H13ClN4O3S. The SMILES string of the molecule is CN(C)c1cc(Oc2ccnc(Cl)c2)nc(S(C)(=O)=O)n1. The van der Waals surface area contributed by atoms with Gasteiger partial charge in [0.25, 0.3) is 5.16 Å². The van der Waals surface area contributed by atoms with E-state index in [0.717, 1.165) is 6.26 Å². The van der Waals surface area contributed by atoms with Gasteiger partial charge in [-0.25, -0.2) is 18.4 Å². The number of aromatic nitrogens is 3. The monoisotopic (exact) mass is 328 g/mol. The van der Waals surface area contributed by atoms with Gasteiger partial charge in [-0.3, -0.25) is 0 Å². The molecule has 0 bridgehead atoms. The zero-order valence-electron chi connectivity index (χ0n) is 11.6. The first-order chi connectivity index (χ1) is 9.75. The Labute approximate surface area is 127 Å². The number of halogens is 1. The van der Waals surface area contributed by atoms with Crippen LogP contribution in [0.25, 0.3) is 0 Å². The molecule has 0 spiro atoms. The number of hydrogen-bond acceptors (Lipinski definition) is 7. The summed E-state index contributed by atoms with van der Waals surface area (Å²) >= 11 is 5.77. The van der Waals surface area contributed by atoms with E-state index in [9.17, 15) is 8.42 Å². The maximum atomic E-state index is 11.6. The van der Waals surface area contributed by atoms with Crippen LogP contribution in [0.1, 0.15) is 0 Å². The molecule has 0 aliphatic carbocycles. The minimum absolute atomic E-state index is 0.108. The molecule has 2 rings (SSSR count). The number of sulfone groups is 1. The van der Waals surface area contributed by atoms with Crippen LogP contribution in [0.15, 0.2) is 29.6 Å². The van der Waals surface area contributed by atoms with Crippen LogP contribution in [0.2, 0.25) is 5.15 Å². The van der Waals surface area contributed by atoms with Crippen molar-refractivity contribution in [3.63, 3.8) is 0 Å². The second-order valence-electron chi connectivity index (χ2n) is 4.43. The second-order valence-corrected chi connectivity index (χ2v) is 6.73. The van der Waals surface area contributed by atoms with Gasteiger partial charge in [0, 0.05) is 38.7 Å².